The molecule has 6 nitrogen and oxygen atoms in total. The van der Waals surface area contributed by atoms with Crippen LogP contribution < -0.4 is 0 Å². The van der Waals surface area contributed by atoms with Crippen molar-refractivity contribution < 1.29 is 13.2 Å². The molecule has 0 aromatic heterocycles. The Morgan fingerprint density at radius 2 is 1.69 bits per heavy atom. The summed E-state index contributed by atoms with van der Waals surface area (Å²) in [6.07, 6.45) is 0. The van der Waals surface area contributed by atoms with Crippen LogP contribution in [0.5, 0.6) is 0 Å². The molecule has 0 bridgehead atoms. The largest absolute Gasteiger partial charge is 0.336 e. The van der Waals surface area contributed by atoms with E-state index in [0.29, 0.717) is 31.7 Å². The van der Waals surface area contributed by atoms with Crippen LogP contribution in [0.3, 0.4) is 0 Å². The number of carbonyl (C=O) groups excluding carboxylic acids is 1. The SMILES string of the molecule is CCN(CC)S(=O)(=O)c1ccc(C)c(C(=O)N2CCN(C(C)c3ccccc3Cl)CC2)c1. The second-order valence-electron chi connectivity index (χ2n) is 8.09. The van der Waals surface area contributed by atoms with Gasteiger partial charge in [0.1, 0.15) is 0 Å². The van der Waals surface area contributed by atoms with Crippen LogP contribution in [-0.2, 0) is 10.0 Å². The molecule has 3 rings (SSSR count). The van der Waals surface area contributed by atoms with Gasteiger partial charge < -0.3 is 4.90 Å². The Kier molecular flexibility index (Phi) is 7.98. The number of halogens is 1. The summed E-state index contributed by atoms with van der Waals surface area (Å²) in [7, 11) is -3.62. The van der Waals surface area contributed by atoms with Crippen molar-refractivity contribution in [2.75, 3.05) is 39.3 Å². The summed E-state index contributed by atoms with van der Waals surface area (Å²) in [6, 6.07) is 12.8. The second kappa shape index (κ2) is 10.3. The summed E-state index contributed by atoms with van der Waals surface area (Å²) in [6.45, 7) is 11.0. The van der Waals surface area contributed by atoms with Gasteiger partial charge in [0, 0.05) is 55.9 Å². The van der Waals surface area contributed by atoms with Gasteiger partial charge >= 0.3 is 0 Å². The fraction of sp³-hybridized carbons (Fsp3) is 0.458. The maximum absolute atomic E-state index is 13.3. The van der Waals surface area contributed by atoms with Crippen molar-refractivity contribution in [2.45, 2.75) is 38.6 Å². The monoisotopic (exact) mass is 477 g/mol. The number of nitrogens with zero attached hydrogens (tertiary/aromatic N) is 3. The number of aryl methyl sites for hydroxylation is 1. The highest BCUT2D eigenvalue weighted by molar-refractivity contribution is 7.89. The van der Waals surface area contributed by atoms with Crippen molar-refractivity contribution in [1.82, 2.24) is 14.1 Å². The van der Waals surface area contributed by atoms with E-state index in [0.717, 1.165) is 29.2 Å². The molecule has 1 saturated heterocycles. The Morgan fingerprint density at radius 1 is 1.06 bits per heavy atom. The number of sulfonamides is 1. The van der Waals surface area contributed by atoms with Gasteiger partial charge in [-0.2, -0.15) is 4.31 Å². The molecule has 174 valence electrons. The molecule has 1 atom stereocenters. The molecule has 1 aliphatic rings. The van der Waals surface area contributed by atoms with Gasteiger partial charge in [-0.15, -0.1) is 0 Å². The normalized spacial score (nSPS) is 16.4. The van der Waals surface area contributed by atoms with Gasteiger partial charge in [0.25, 0.3) is 5.91 Å². The van der Waals surface area contributed by atoms with Crippen molar-refractivity contribution in [3.63, 3.8) is 0 Å². The van der Waals surface area contributed by atoms with Crippen LogP contribution in [0.1, 0.15) is 48.3 Å². The zero-order valence-electron chi connectivity index (χ0n) is 19.2. The number of piperazine rings is 1. The van der Waals surface area contributed by atoms with E-state index in [9.17, 15) is 13.2 Å². The third-order valence-corrected chi connectivity index (χ3v) is 8.68. The fourth-order valence-electron chi connectivity index (χ4n) is 4.20. The maximum Gasteiger partial charge on any atom is 0.254 e. The molecule has 1 unspecified atom stereocenters. The summed E-state index contributed by atoms with van der Waals surface area (Å²) in [5.74, 6) is -0.121. The molecule has 0 N–H and O–H groups in total. The Balaban J connectivity index is 1.75. The van der Waals surface area contributed by atoms with E-state index in [1.807, 2.05) is 49.9 Å². The third-order valence-electron chi connectivity index (χ3n) is 6.29. The first kappa shape index (κ1) is 24.7. The van der Waals surface area contributed by atoms with Gasteiger partial charge in [0.15, 0.2) is 0 Å². The van der Waals surface area contributed by atoms with Crippen LogP contribution in [0.25, 0.3) is 0 Å². The molecule has 1 amide bonds. The van der Waals surface area contributed by atoms with Crippen molar-refractivity contribution >= 4 is 27.5 Å². The first-order chi connectivity index (χ1) is 15.2. The Morgan fingerprint density at radius 3 is 2.28 bits per heavy atom. The van der Waals surface area contributed by atoms with Crippen LogP contribution >= 0.6 is 11.6 Å². The number of benzene rings is 2. The Bertz CT molecular complexity index is 1060. The average Bonchev–Trinajstić information content (AvgIpc) is 2.79. The van der Waals surface area contributed by atoms with Gasteiger partial charge in [0.05, 0.1) is 4.90 Å². The van der Waals surface area contributed by atoms with Gasteiger partial charge in [-0.05, 0) is 43.2 Å². The van der Waals surface area contributed by atoms with Gasteiger partial charge in [-0.25, -0.2) is 8.42 Å². The van der Waals surface area contributed by atoms with E-state index in [4.69, 9.17) is 11.6 Å². The zero-order chi connectivity index (χ0) is 23.5. The molecule has 1 fully saturated rings. The molecule has 0 saturated carbocycles. The van der Waals surface area contributed by atoms with Crippen molar-refractivity contribution in [3.05, 3.63) is 64.2 Å². The van der Waals surface area contributed by atoms with E-state index >= 15 is 0 Å². The molecule has 1 heterocycles. The predicted molar refractivity (Wildman–Crippen MR) is 129 cm³/mol. The number of hydrogen-bond donors (Lipinski definition) is 0. The molecule has 0 radical (unpaired) electrons. The van der Waals surface area contributed by atoms with Gasteiger partial charge in [-0.1, -0.05) is 49.7 Å². The lowest BCUT2D eigenvalue weighted by Crippen LogP contribution is -2.49. The van der Waals surface area contributed by atoms with Crippen LogP contribution in [0, 0.1) is 6.92 Å². The van der Waals surface area contributed by atoms with E-state index in [1.165, 1.54) is 10.4 Å². The molecule has 2 aromatic rings. The summed E-state index contributed by atoms with van der Waals surface area (Å²) >= 11 is 6.37. The highest BCUT2D eigenvalue weighted by Gasteiger charge is 2.28. The number of carbonyl (C=O) groups is 1. The number of rotatable bonds is 7. The molecule has 8 heteroatoms. The Labute approximate surface area is 196 Å². The number of amides is 1. The van der Waals surface area contributed by atoms with Crippen molar-refractivity contribution in [2.24, 2.45) is 0 Å². The van der Waals surface area contributed by atoms with E-state index in [1.54, 1.807) is 12.1 Å². The number of hydrogen-bond acceptors (Lipinski definition) is 4. The van der Waals surface area contributed by atoms with E-state index < -0.39 is 10.0 Å². The lowest BCUT2D eigenvalue weighted by molar-refractivity contribution is 0.0581. The third kappa shape index (κ3) is 5.01. The lowest BCUT2D eigenvalue weighted by atomic mass is 10.0. The summed E-state index contributed by atoms with van der Waals surface area (Å²) in [4.78, 5) is 17.6. The molecular formula is C24H32ClN3O3S. The molecular weight excluding hydrogens is 446 g/mol. The minimum atomic E-state index is -3.62. The second-order valence-corrected chi connectivity index (χ2v) is 10.4. The molecule has 0 spiro atoms. The van der Waals surface area contributed by atoms with Crippen molar-refractivity contribution in [3.8, 4) is 0 Å². The Hall–Kier alpha value is -1.93. The predicted octanol–water partition coefficient (Wildman–Crippen LogP) is 4.20. The van der Waals surface area contributed by atoms with Crippen LogP contribution in [0.4, 0.5) is 0 Å². The highest BCUT2D eigenvalue weighted by atomic mass is 35.5. The molecule has 32 heavy (non-hydrogen) atoms. The average molecular weight is 478 g/mol. The first-order valence-electron chi connectivity index (χ1n) is 11.1. The van der Waals surface area contributed by atoms with Crippen LogP contribution in [-0.4, -0.2) is 67.7 Å². The molecule has 0 aliphatic carbocycles. The zero-order valence-corrected chi connectivity index (χ0v) is 20.8. The molecule has 2 aromatic carbocycles. The minimum absolute atomic E-state index is 0.121. The minimum Gasteiger partial charge on any atom is -0.336 e. The maximum atomic E-state index is 13.3. The van der Waals surface area contributed by atoms with Crippen LogP contribution in [0.15, 0.2) is 47.4 Å². The topological polar surface area (TPSA) is 60.9 Å². The molecule has 1 aliphatic heterocycles. The highest BCUT2D eigenvalue weighted by Crippen LogP contribution is 2.28. The van der Waals surface area contributed by atoms with Crippen molar-refractivity contribution in [1.29, 1.82) is 0 Å². The summed E-state index contributed by atoms with van der Waals surface area (Å²) in [5, 5.41) is 0.750. The first-order valence-corrected chi connectivity index (χ1v) is 12.9. The van der Waals surface area contributed by atoms with E-state index in [-0.39, 0.29) is 16.8 Å². The standard InChI is InChI=1S/C24H32ClN3O3S/c1-5-28(6-2)32(30,31)20-12-11-18(3)22(17-20)24(29)27-15-13-26(14-16-27)19(4)21-9-7-8-10-23(21)25/h7-12,17,19H,5-6,13-16H2,1-4H3. The van der Waals surface area contributed by atoms with Gasteiger partial charge in [-0.3, -0.25) is 9.69 Å². The fourth-order valence-corrected chi connectivity index (χ4v) is 5.98. The summed E-state index contributed by atoms with van der Waals surface area (Å²) in [5.41, 5.74) is 2.31. The smallest absolute Gasteiger partial charge is 0.254 e. The van der Waals surface area contributed by atoms with E-state index in [2.05, 4.69) is 11.8 Å². The van der Waals surface area contributed by atoms with Gasteiger partial charge in [0.2, 0.25) is 10.0 Å². The van der Waals surface area contributed by atoms with Crippen LogP contribution in [0.2, 0.25) is 5.02 Å². The quantitative estimate of drug-likeness (QED) is 0.599. The summed E-state index contributed by atoms with van der Waals surface area (Å²) < 4.78 is 27.2. The lowest BCUT2D eigenvalue weighted by Gasteiger charge is -2.38.